The Morgan fingerprint density at radius 1 is 1.19 bits per heavy atom. The van der Waals surface area contributed by atoms with Crippen LogP contribution in [-0.4, -0.2) is 38.8 Å². The molecule has 31 heavy (non-hydrogen) atoms. The van der Waals surface area contributed by atoms with Crippen molar-refractivity contribution in [2.75, 3.05) is 18.0 Å². The standard InChI is InChI=1S/C23H25FN4O2S/c1-23(2,3)20-9-8-17(31-20)12-28-14-25-21(26-22(28)30)27-11-10-18(19(29)13-27)15-4-6-16(24)7-5-15/h4-10,14,19,29H,11-13H2,1-3H3/t19-/m0/s1. The van der Waals surface area contributed by atoms with E-state index in [2.05, 4.69) is 36.8 Å². The molecule has 4 rings (SSSR count). The van der Waals surface area contributed by atoms with Crippen molar-refractivity contribution >= 4 is 22.9 Å². The lowest BCUT2D eigenvalue weighted by Gasteiger charge is -2.30. The molecule has 0 radical (unpaired) electrons. The number of benzene rings is 1. The van der Waals surface area contributed by atoms with Crippen molar-refractivity contribution in [3.05, 3.63) is 80.4 Å². The summed E-state index contributed by atoms with van der Waals surface area (Å²) in [6.45, 7) is 7.62. The number of rotatable bonds is 4. The summed E-state index contributed by atoms with van der Waals surface area (Å²) >= 11 is 1.68. The summed E-state index contributed by atoms with van der Waals surface area (Å²) in [5.41, 5.74) is 1.20. The molecule has 1 aliphatic rings. The number of aliphatic hydroxyl groups is 1. The Morgan fingerprint density at radius 2 is 1.94 bits per heavy atom. The number of hydrogen-bond acceptors (Lipinski definition) is 6. The lowest BCUT2D eigenvalue weighted by atomic mass is 9.95. The summed E-state index contributed by atoms with van der Waals surface area (Å²) in [4.78, 5) is 25.1. The molecule has 6 nitrogen and oxygen atoms in total. The topological polar surface area (TPSA) is 71.2 Å². The molecule has 0 fully saturated rings. The molecule has 0 amide bonds. The van der Waals surface area contributed by atoms with Crippen LogP contribution in [0, 0.1) is 5.82 Å². The van der Waals surface area contributed by atoms with Crippen molar-refractivity contribution < 1.29 is 9.50 Å². The summed E-state index contributed by atoms with van der Waals surface area (Å²) < 4.78 is 14.6. The Kier molecular flexibility index (Phi) is 5.77. The van der Waals surface area contributed by atoms with Crippen LogP contribution in [0.1, 0.15) is 36.1 Å². The molecule has 1 atom stereocenters. The molecule has 1 aromatic carbocycles. The summed E-state index contributed by atoms with van der Waals surface area (Å²) in [7, 11) is 0. The quantitative estimate of drug-likeness (QED) is 0.673. The average Bonchev–Trinajstić information content (AvgIpc) is 3.19. The number of thiophene rings is 1. The fraction of sp³-hybridized carbons (Fsp3) is 0.348. The highest BCUT2D eigenvalue weighted by Crippen LogP contribution is 2.29. The number of aromatic nitrogens is 3. The molecule has 0 saturated heterocycles. The van der Waals surface area contributed by atoms with Crippen LogP contribution >= 0.6 is 11.3 Å². The van der Waals surface area contributed by atoms with E-state index in [1.807, 2.05) is 12.1 Å². The largest absolute Gasteiger partial charge is 0.387 e. The first-order valence-corrected chi connectivity index (χ1v) is 10.9. The highest BCUT2D eigenvalue weighted by molar-refractivity contribution is 7.12. The molecule has 1 N–H and O–H groups in total. The molecule has 0 bridgehead atoms. The summed E-state index contributed by atoms with van der Waals surface area (Å²) in [6, 6.07) is 10.2. The van der Waals surface area contributed by atoms with Gasteiger partial charge in [0, 0.05) is 16.3 Å². The second-order valence-electron chi connectivity index (χ2n) is 8.67. The van der Waals surface area contributed by atoms with E-state index < -0.39 is 6.10 Å². The van der Waals surface area contributed by atoms with Gasteiger partial charge >= 0.3 is 5.69 Å². The number of β-amino-alcohol motifs (C(OH)–C–C–N with tert-alkyl or cyclic N) is 1. The van der Waals surface area contributed by atoms with Gasteiger partial charge in [0.1, 0.15) is 12.1 Å². The Balaban J connectivity index is 1.49. The maximum Gasteiger partial charge on any atom is 0.352 e. The zero-order valence-electron chi connectivity index (χ0n) is 17.7. The SMILES string of the molecule is CC(C)(C)c1ccc(Cn2cnc(N3CC=C(c4ccc(F)cc4)[C@@H](O)C3)nc2=O)s1. The fourth-order valence-electron chi connectivity index (χ4n) is 3.49. The summed E-state index contributed by atoms with van der Waals surface area (Å²) in [6.07, 6.45) is 2.58. The van der Waals surface area contributed by atoms with E-state index in [1.54, 1.807) is 28.4 Å². The lowest BCUT2D eigenvalue weighted by Crippen LogP contribution is -2.40. The van der Waals surface area contributed by atoms with Crippen LogP contribution in [0.4, 0.5) is 10.3 Å². The highest BCUT2D eigenvalue weighted by Gasteiger charge is 2.24. The van der Waals surface area contributed by atoms with Gasteiger partial charge in [-0.25, -0.2) is 14.2 Å². The Hall–Kier alpha value is -2.84. The van der Waals surface area contributed by atoms with Crippen molar-refractivity contribution in [3.63, 3.8) is 0 Å². The van der Waals surface area contributed by atoms with Crippen LogP contribution in [0.15, 0.2) is 53.6 Å². The van der Waals surface area contributed by atoms with Crippen LogP contribution < -0.4 is 10.6 Å². The molecule has 0 spiro atoms. The first-order chi connectivity index (χ1) is 14.7. The van der Waals surface area contributed by atoms with Gasteiger partial charge in [-0.3, -0.25) is 4.57 Å². The van der Waals surface area contributed by atoms with E-state index in [-0.39, 0.29) is 29.4 Å². The normalized spacial score (nSPS) is 17.0. The van der Waals surface area contributed by atoms with Gasteiger partial charge in [0.15, 0.2) is 0 Å². The van der Waals surface area contributed by atoms with E-state index in [0.29, 0.717) is 13.1 Å². The molecule has 3 aromatic rings. The maximum atomic E-state index is 13.2. The molecular weight excluding hydrogens is 415 g/mol. The van der Waals surface area contributed by atoms with Crippen molar-refractivity contribution in [3.8, 4) is 0 Å². The molecule has 3 heterocycles. The predicted molar refractivity (Wildman–Crippen MR) is 121 cm³/mol. The molecule has 0 saturated carbocycles. The van der Waals surface area contributed by atoms with Crippen molar-refractivity contribution in [2.24, 2.45) is 0 Å². The second-order valence-corrected chi connectivity index (χ2v) is 9.84. The van der Waals surface area contributed by atoms with Crippen LogP contribution in [0.3, 0.4) is 0 Å². The lowest BCUT2D eigenvalue weighted by molar-refractivity contribution is 0.233. The zero-order chi connectivity index (χ0) is 22.2. The van der Waals surface area contributed by atoms with Gasteiger partial charge in [-0.1, -0.05) is 39.0 Å². The monoisotopic (exact) mass is 440 g/mol. The Morgan fingerprint density at radius 3 is 2.55 bits per heavy atom. The number of anilines is 1. The van der Waals surface area contributed by atoms with Gasteiger partial charge in [-0.2, -0.15) is 4.98 Å². The maximum absolute atomic E-state index is 13.2. The van der Waals surface area contributed by atoms with Crippen LogP contribution in [0.5, 0.6) is 0 Å². The number of nitrogens with zero attached hydrogens (tertiary/aromatic N) is 4. The molecule has 162 valence electrons. The Labute approximate surface area is 184 Å². The summed E-state index contributed by atoms with van der Waals surface area (Å²) in [5, 5.41) is 10.6. The number of aliphatic hydroxyl groups excluding tert-OH is 1. The first-order valence-electron chi connectivity index (χ1n) is 10.1. The van der Waals surface area contributed by atoms with E-state index in [9.17, 15) is 14.3 Å². The van der Waals surface area contributed by atoms with Gasteiger partial charge in [0.05, 0.1) is 19.2 Å². The predicted octanol–water partition coefficient (Wildman–Crippen LogP) is 3.45. The minimum Gasteiger partial charge on any atom is -0.387 e. The number of hydrogen-bond donors (Lipinski definition) is 1. The molecule has 8 heteroatoms. The van der Waals surface area contributed by atoms with Crippen LogP contribution in [-0.2, 0) is 12.0 Å². The van der Waals surface area contributed by atoms with Gasteiger partial charge in [0.25, 0.3) is 0 Å². The average molecular weight is 441 g/mol. The van der Waals surface area contributed by atoms with E-state index in [1.165, 1.54) is 27.9 Å². The highest BCUT2D eigenvalue weighted by atomic mass is 32.1. The third-order valence-electron chi connectivity index (χ3n) is 5.23. The minimum absolute atomic E-state index is 0.0730. The van der Waals surface area contributed by atoms with Crippen molar-refractivity contribution in [1.82, 2.24) is 14.5 Å². The Bertz CT molecular complexity index is 1160. The van der Waals surface area contributed by atoms with Gasteiger partial charge in [0.2, 0.25) is 5.95 Å². The van der Waals surface area contributed by atoms with E-state index in [0.717, 1.165) is 16.0 Å². The molecule has 2 aromatic heterocycles. The van der Waals surface area contributed by atoms with E-state index >= 15 is 0 Å². The molecule has 1 aliphatic heterocycles. The van der Waals surface area contributed by atoms with E-state index in [4.69, 9.17) is 0 Å². The third-order valence-corrected chi connectivity index (χ3v) is 6.72. The molecule has 0 unspecified atom stereocenters. The fourth-order valence-corrected chi connectivity index (χ4v) is 4.55. The van der Waals surface area contributed by atoms with Gasteiger partial charge in [-0.15, -0.1) is 11.3 Å². The van der Waals surface area contributed by atoms with Crippen LogP contribution in [0.25, 0.3) is 5.57 Å². The second kappa shape index (κ2) is 8.36. The van der Waals surface area contributed by atoms with Gasteiger partial charge < -0.3 is 10.0 Å². The minimum atomic E-state index is -0.785. The van der Waals surface area contributed by atoms with Crippen LogP contribution in [0.2, 0.25) is 0 Å². The number of halogens is 1. The summed E-state index contributed by atoms with van der Waals surface area (Å²) in [5.74, 6) is -0.0290. The van der Waals surface area contributed by atoms with Crippen molar-refractivity contribution in [2.45, 2.75) is 38.8 Å². The molecular formula is C23H25FN4O2S. The zero-order valence-corrected chi connectivity index (χ0v) is 18.6. The third kappa shape index (κ3) is 4.75. The van der Waals surface area contributed by atoms with Gasteiger partial charge in [-0.05, 0) is 40.8 Å². The smallest absolute Gasteiger partial charge is 0.352 e. The molecule has 0 aliphatic carbocycles. The van der Waals surface area contributed by atoms with Crippen molar-refractivity contribution in [1.29, 1.82) is 0 Å². The first kappa shape index (κ1) is 21.4.